The molecule has 1 saturated heterocycles. The molecule has 3 fully saturated rings. The Bertz CT molecular complexity index is 1160. The van der Waals surface area contributed by atoms with E-state index < -0.39 is 5.41 Å². The van der Waals surface area contributed by atoms with E-state index >= 15 is 0 Å². The van der Waals surface area contributed by atoms with Crippen LogP contribution in [0.25, 0.3) is 0 Å². The van der Waals surface area contributed by atoms with E-state index in [1.807, 2.05) is 15.5 Å². The van der Waals surface area contributed by atoms with Crippen LogP contribution in [-0.4, -0.2) is 50.1 Å². The van der Waals surface area contributed by atoms with Gasteiger partial charge in [-0.05, 0) is 44.1 Å². The first-order chi connectivity index (χ1) is 16.6. The number of carbonyl (C=O) groups excluding carboxylic acids is 2. The molecule has 2 aliphatic heterocycles. The fourth-order valence-electron chi connectivity index (χ4n) is 6.49. The van der Waals surface area contributed by atoms with Crippen molar-refractivity contribution in [2.24, 2.45) is 5.41 Å². The zero-order valence-corrected chi connectivity index (χ0v) is 19.4. The van der Waals surface area contributed by atoms with Crippen LogP contribution in [-0.2, 0) is 23.2 Å². The summed E-state index contributed by atoms with van der Waals surface area (Å²) in [6, 6.07) is 12.9. The Labute approximate surface area is 199 Å². The second kappa shape index (κ2) is 7.93. The van der Waals surface area contributed by atoms with Crippen LogP contribution in [0.15, 0.2) is 30.3 Å². The van der Waals surface area contributed by atoms with Crippen LogP contribution in [0.2, 0.25) is 0 Å². The molecule has 0 unspecified atom stereocenters. The molecule has 8 heteroatoms. The number of hydrogen-bond donors (Lipinski definition) is 1. The summed E-state index contributed by atoms with van der Waals surface area (Å²) in [4.78, 5) is 28.9. The van der Waals surface area contributed by atoms with Crippen molar-refractivity contribution < 1.29 is 9.59 Å². The molecule has 2 atom stereocenters. The molecule has 6 rings (SSSR count). The number of likely N-dealkylation sites (tertiary alicyclic amines) is 1. The summed E-state index contributed by atoms with van der Waals surface area (Å²) in [5, 5.41) is 21.7. The van der Waals surface area contributed by atoms with Crippen molar-refractivity contribution in [1.82, 2.24) is 25.0 Å². The van der Waals surface area contributed by atoms with Gasteiger partial charge in [0.15, 0.2) is 0 Å². The lowest BCUT2D eigenvalue weighted by Crippen LogP contribution is -2.51. The predicted octanol–water partition coefficient (Wildman–Crippen LogP) is 2.74. The zero-order valence-electron chi connectivity index (χ0n) is 19.4. The molecule has 0 spiro atoms. The van der Waals surface area contributed by atoms with Crippen LogP contribution in [0, 0.1) is 16.7 Å². The molecule has 8 nitrogen and oxygen atoms in total. The van der Waals surface area contributed by atoms with Gasteiger partial charge in [0, 0.05) is 31.0 Å². The molecule has 2 aliphatic carbocycles. The smallest absolute Gasteiger partial charge is 0.289 e. The van der Waals surface area contributed by atoms with E-state index in [1.54, 1.807) is 0 Å². The van der Waals surface area contributed by atoms with Gasteiger partial charge in [0.05, 0.1) is 12.1 Å². The number of amides is 2. The quantitative estimate of drug-likeness (QED) is 0.759. The number of hydrogen-bond acceptors (Lipinski definition) is 5. The minimum absolute atomic E-state index is 0.0317. The minimum Gasteiger partial charge on any atom is -0.347 e. The van der Waals surface area contributed by atoms with Gasteiger partial charge >= 0.3 is 0 Å². The standard InChI is InChI=1S/C26H30N6O2/c27-17-25(11-4-5-12-25)24(34)31-15-14-26(18-6-2-1-3-7-18)13-10-21-29-30-22(32(21)16-20(26)31)23(33)28-19-8-9-19/h1-3,6-7,19-20H,4-5,8-16H2,(H,28,33)/t20-,26-/m0/s1. The molecule has 176 valence electrons. The lowest BCUT2D eigenvalue weighted by Gasteiger charge is -2.39. The van der Waals surface area contributed by atoms with E-state index in [9.17, 15) is 14.9 Å². The van der Waals surface area contributed by atoms with Gasteiger partial charge in [-0.25, -0.2) is 0 Å². The molecule has 2 saturated carbocycles. The van der Waals surface area contributed by atoms with Crippen molar-refractivity contribution in [3.05, 3.63) is 47.5 Å². The third-order valence-electron chi connectivity index (χ3n) is 8.60. The summed E-state index contributed by atoms with van der Waals surface area (Å²) >= 11 is 0. The molecule has 3 heterocycles. The normalized spacial score (nSPS) is 27.4. The van der Waals surface area contributed by atoms with Crippen molar-refractivity contribution >= 4 is 11.8 Å². The second-order valence-electron chi connectivity index (χ2n) is 10.5. The average Bonchev–Trinajstić information content (AvgIpc) is 3.29. The van der Waals surface area contributed by atoms with Gasteiger partial charge in [0.1, 0.15) is 11.2 Å². The van der Waals surface area contributed by atoms with Gasteiger partial charge in [-0.2, -0.15) is 5.26 Å². The first-order valence-corrected chi connectivity index (χ1v) is 12.6. The van der Waals surface area contributed by atoms with Crippen LogP contribution >= 0.6 is 0 Å². The minimum atomic E-state index is -0.915. The molecule has 2 amide bonds. The van der Waals surface area contributed by atoms with Gasteiger partial charge in [0.25, 0.3) is 5.91 Å². The van der Waals surface area contributed by atoms with E-state index in [-0.39, 0.29) is 29.3 Å². The molecular formula is C26H30N6O2. The summed E-state index contributed by atoms with van der Waals surface area (Å²) in [6.45, 7) is 1.10. The number of fused-ring (bicyclic) bond motifs is 2. The number of nitriles is 1. The molecule has 0 bridgehead atoms. The van der Waals surface area contributed by atoms with Crippen molar-refractivity contribution in [3.8, 4) is 6.07 Å². The summed E-state index contributed by atoms with van der Waals surface area (Å²) in [5.41, 5.74) is 0.0636. The highest BCUT2D eigenvalue weighted by Crippen LogP contribution is 2.49. The maximum atomic E-state index is 13.9. The highest BCUT2D eigenvalue weighted by Gasteiger charge is 2.55. The molecule has 34 heavy (non-hydrogen) atoms. The summed E-state index contributed by atoms with van der Waals surface area (Å²) < 4.78 is 1.94. The molecular weight excluding hydrogens is 428 g/mol. The predicted molar refractivity (Wildman–Crippen MR) is 124 cm³/mol. The topological polar surface area (TPSA) is 104 Å². The average molecular weight is 459 g/mol. The first kappa shape index (κ1) is 21.3. The van der Waals surface area contributed by atoms with Crippen molar-refractivity contribution in [1.29, 1.82) is 5.26 Å². The first-order valence-electron chi connectivity index (χ1n) is 12.6. The Kier molecular flexibility index (Phi) is 4.98. The Morgan fingerprint density at radius 2 is 1.82 bits per heavy atom. The number of nitrogens with one attached hydrogen (secondary N) is 1. The van der Waals surface area contributed by atoms with Crippen LogP contribution in [0.4, 0.5) is 0 Å². The lowest BCUT2D eigenvalue weighted by molar-refractivity contribution is -0.140. The summed E-state index contributed by atoms with van der Waals surface area (Å²) in [6.07, 6.45) is 7.49. The van der Waals surface area contributed by atoms with Crippen LogP contribution in [0.1, 0.15) is 73.4 Å². The van der Waals surface area contributed by atoms with Gasteiger partial charge in [-0.3, -0.25) is 9.59 Å². The summed E-state index contributed by atoms with van der Waals surface area (Å²) in [5.74, 6) is 0.916. The van der Waals surface area contributed by atoms with Crippen LogP contribution < -0.4 is 5.32 Å². The van der Waals surface area contributed by atoms with Crippen LogP contribution in [0.5, 0.6) is 0 Å². The highest BCUT2D eigenvalue weighted by molar-refractivity contribution is 5.91. The van der Waals surface area contributed by atoms with Gasteiger partial charge in [-0.1, -0.05) is 43.2 Å². The Morgan fingerprint density at radius 3 is 2.53 bits per heavy atom. The van der Waals surface area contributed by atoms with Crippen molar-refractivity contribution in [2.75, 3.05) is 6.54 Å². The largest absolute Gasteiger partial charge is 0.347 e. The van der Waals surface area contributed by atoms with Crippen molar-refractivity contribution in [2.45, 2.75) is 81.8 Å². The second-order valence-corrected chi connectivity index (χ2v) is 10.5. The lowest BCUT2D eigenvalue weighted by atomic mass is 9.71. The third kappa shape index (κ3) is 3.24. The molecule has 1 N–H and O–H groups in total. The van der Waals surface area contributed by atoms with E-state index in [2.05, 4.69) is 45.8 Å². The van der Waals surface area contributed by atoms with E-state index in [0.717, 1.165) is 44.3 Å². The van der Waals surface area contributed by atoms with Crippen LogP contribution in [0.3, 0.4) is 0 Å². The molecule has 0 radical (unpaired) electrons. The van der Waals surface area contributed by atoms with Gasteiger partial charge in [-0.15, -0.1) is 10.2 Å². The SMILES string of the molecule is N#CC1(C(=O)N2CC[C@]3(c4ccccc4)CCc4nnc(C(=O)NC5CC5)n4C[C@H]23)CCCC1. The van der Waals surface area contributed by atoms with E-state index in [4.69, 9.17) is 0 Å². The third-order valence-corrected chi connectivity index (χ3v) is 8.60. The fraction of sp³-hybridized carbons (Fsp3) is 0.577. The molecule has 4 aliphatic rings. The van der Waals surface area contributed by atoms with Crippen molar-refractivity contribution in [3.63, 3.8) is 0 Å². The monoisotopic (exact) mass is 458 g/mol. The Hall–Kier alpha value is -3.21. The molecule has 1 aromatic carbocycles. The number of aromatic nitrogens is 3. The number of nitrogens with zero attached hydrogens (tertiary/aromatic N) is 5. The number of carbonyl (C=O) groups is 2. The summed E-state index contributed by atoms with van der Waals surface area (Å²) in [7, 11) is 0. The number of rotatable bonds is 4. The van der Waals surface area contributed by atoms with Gasteiger partial charge < -0.3 is 14.8 Å². The maximum absolute atomic E-state index is 13.9. The Morgan fingerprint density at radius 1 is 1.06 bits per heavy atom. The highest BCUT2D eigenvalue weighted by atomic mass is 16.2. The van der Waals surface area contributed by atoms with Gasteiger partial charge in [0.2, 0.25) is 11.7 Å². The Balaban J connectivity index is 1.41. The molecule has 1 aromatic heterocycles. The van der Waals surface area contributed by atoms with E-state index in [1.165, 1.54) is 5.56 Å². The molecule has 2 aromatic rings. The number of benzene rings is 1. The zero-order chi connectivity index (χ0) is 23.3. The maximum Gasteiger partial charge on any atom is 0.289 e. The van der Waals surface area contributed by atoms with E-state index in [0.29, 0.717) is 38.2 Å². The number of aryl methyl sites for hydroxylation is 1. The fourth-order valence-corrected chi connectivity index (χ4v) is 6.49.